The molecule has 0 spiro atoms. The topological polar surface area (TPSA) is 57.6 Å². The number of hydrogen-bond donors (Lipinski definition) is 1. The van der Waals surface area contributed by atoms with Gasteiger partial charge in [-0.25, -0.2) is 4.79 Å². The van der Waals surface area contributed by atoms with Crippen molar-refractivity contribution in [1.29, 1.82) is 0 Å². The third-order valence-electron chi connectivity index (χ3n) is 2.46. The Kier molecular flexibility index (Phi) is 3.14. The zero-order valence-electron chi connectivity index (χ0n) is 8.50. The zero-order chi connectivity index (χ0) is 11.5. The molecule has 1 aromatic rings. The minimum absolute atomic E-state index is 0.156. The number of carboxylic acids is 1. The monoisotopic (exact) mass is 237 g/mol. The van der Waals surface area contributed by atoms with Crippen LogP contribution in [0, 0.1) is 0 Å². The van der Waals surface area contributed by atoms with Gasteiger partial charge in [-0.2, -0.15) is 0 Å². The summed E-state index contributed by atoms with van der Waals surface area (Å²) in [4.78, 5) is 23.9. The molecule has 2 rings (SSSR count). The summed E-state index contributed by atoms with van der Waals surface area (Å²) in [5, 5.41) is 8.82. The summed E-state index contributed by atoms with van der Waals surface area (Å²) in [6.07, 6.45) is 0. The van der Waals surface area contributed by atoms with Crippen LogP contribution in [0.15, 0.2) is 30.3 Å². The fourth-order valence-electron chi connectivity index (χ4n) is 1.61. The number of rotatable bonds is 3. The summed E-state index contributed by atoms with van der Waals surface area (Å²) in [6.45, 7) is 0.365. The molecule has 5 heteroatoms. The Morgan fingerprint density at radius 1 is 1.44 bits per heavy atom. The first-order valence-electron chi connectivity index (χ1n) is 4.88. The van der Waals surface area contributed by atoms with Crippen LogP contribution >= 0.6 is 11.8 Å². The van der Waals surface area contributed by atoms with Crippen molar-refractivity contribution in [2.75, 3.05) is 5.75 Å². The van der Waals surface area contributed by atoms with Crippen LogP contribution < -0.4 is 0 Å². The van der Waals surface area contributed by atoms with E-state index in [9.17, 15) is 9.59 Å². The summed E-state index contributed by atoms with van der Waals surface area (Å²) in [6, 6.07) is 8.71. The second-order valence-corrected chi connectivity index (χ2v) is 4.52. The van der Waals surface area contributed by atoms with Gasteiger partial charge in [-0.05, 0) is 5.56 Å². The molecule has 84 valence electrons. The van der Waals surface area contributed by atoms with Crippen molar-refractivity contribution in [3.63, 3.8) is 0 Å². The molecule has 4 nitrogen and oxygen atoms in total. The Morgan fingerprint density at radius 3 is 2.75 bits per heavy atom. The SMILES string of the molecule is O=C(O)[C@@H]1CSC(=O)N1Cc1ccccc1. The lowest BCUT2D eigenvalue weighted by atomic mass is 10.2. The molecule has 0 unspecified atom stereocenters. The van der Waals surface area contributed by atoms with E-state index in [4.69, 9.17) is 5.11 Å². The molecule has 0 radical (unpaired) electrons. The van der Waals surface area contributed by atoms with Crippen molar-refractivity contribution in [2.45, 2.75) is 12.6 Å². The molecule has 1 aliphatic heterocycles. The second kappa shape index (κ2) is 4.57. The summed E-state index contributed by atoms with van der Waals surface area (Å²) in [7, 11) is 0. The minimum Gasteiger partial charge on any atom is -0.480 e. The number of carbonyl (C=O) groups excluding carboxylic acids is 1. The van der Waals surface area contributed by atoms with Gasteiger partial charge in [0.15, 0.2) is 0 Å². The third kappa shape index (κ3) is 2.19. The molecule has 1 N–H and O–H groups in total. The highest BCUT2D eigenvalue weighted by molar-refractivity contribution is 8.13. The molecular formula is C11H11NO3S. The highest BCUT2D eigenvalue weighted by Gasteiger charge is 2.36. The third-order valence-corrected chi connectivity index (χ3v) is 3.42. The van der Waals surface area contributed by atoms with E-state index in [1.54, 1.807) is 0 Å². The molecule has 1 aliphatic rings. The Morgan fingerprint density at radius 2 is 2.12 bits per heavy atom. The standard InChI is InChI=1S/C11H11NO3S/c13-10(14)9-7-16-11(15)12(9)6-8-4-2-1-3-5-8/h1-5,9H,6-7H2,(H,13,14)/t9-/m0/s1. The maximum Gasteiger partial charge on any atom is 0.327 e. The van der Waals surface area contributed by atoms with Crippen molar-refractivity contribution in [2.24, 2.45) is 0 Å². The molecule has 1 amide bonds. The first kappa shape index (κ1) is 11.0. The lowest BCUT2D eigenvalue weighted by molar-refractivity contribution is -0.141. The first-order valence-corrected chi connectivity index (χ1v) is 5.87. The highest BCUT2D eigenvalue weighted by atomic mass is 32.2. The lowest BCUT2D eigenvalue weighted by Gasteiger charge is -2.20. The van der Waals surface area contributed by atoms with Crippen molar-refractivity contribution >= 4 is 23.0 Å². The molecule has 0 aliphatic carbocycles. The molecule has 1 atom stereocenters. The van der Waals surface area contributed by atoms with Gasteiger partial charge in [0, 0.05) is 12.3 Å². The number of nitrogens with zero attached hydrogens (tertiary/aromatic N) is 1. The number of hydrogen-bond acceptors (Lipinski definition) is 3. The van der Waals surface area contributed by atoms with E-state index in [1.165, 1.54) is 4.90 Å². The van der Waals surface area contributed by atoms with Crippen LogP contribution in [0.25, 0.3) is 0 Å². The average molecular weight is 237 g/mol. The summed E-state index contributed by atoms with van der Waals surface area (Å²) < 4.78 is 0. The van der Waals surface area contributed by atoms with E-state index >= 15 is 0 Å². The summed E-state index contributed by atoms with van der Waals surface area (Å²) >= 11 is 1.07. The van der Waals surface area contributed by atoms with Crippen LogP contribution in [-0.4, -0.2) is 33.0 Å². The largest absolute Gasteiger partial charge is 0.480 e. The Hall–Kier alpha value is -1.49. The number of thioether (sulfide) groups is 1. The fraction of sp³-hybridized carbons (Fsp3) is 0.273. The van der Waals surface area contributed by atoms with Gasteiger partial charge in [0.2, 0.25) is 0 Å². The number of carboxylic acid groups (broad SMARTS) is 1. The first-order chi connectivity index (χ1) is 7.68. The maximum absolute atomic E-state index is 11.5. The number of carbonyl (C=O) groups is 2. The van der Waals surface area contributed by atoms with E-state index in [2.05, 4.69) is 0 Å². The van der Waals surface area contributed by atoms with E-state index in [-0.39, 0.29) is 5.24 Å². The van der Waals surface area contributed by atoms with Crippen molar-refractivity contribution in [3.8, 4) is 0 Å². The van der Waals surface area contributed by atoms with E-state index in [0.717, 1.165) is 17.3 Å². The quantitative estimate of drug-likeness (QED) is 0.871. The normalized spacial score (nSPS) is 20.1. The minimum atomic E-state index is -0.936. The molecule has 1 aromatic carbocycles. The van der Waals surface area contributed by atoms with Crippen molar-refractivity contribution < 1.29 is 14.7 Å². The van der Waals surface area contributed by atoms with E-state index < -0.39 is 12.0 Å². The Bertz CT molecular complexity index is 407. The van der Waals surface area contributed by atoms with Crippen LogP contribution in [0.5, 0.6) is 0 Å². The van der Waals surface area contributed by atoms with Crippen molar-refractivity contribution in [3.05, 3.63) is 35.9 Å². The summed E-state index contributed by atoms with van der Waals surface area (Å²) in [5.74, 6) is -0.602. The van der Waals surface area contributed by atoms with E-state index in [1.807, 2.05) is 30.3 Å². The Balaban J connectivity index is 2.13. The zero-order valence-corrected chi connectivity index (χ0v) is 9.31. The molecule has 1 saturated heterocycles. The molecule has 0 saturated carbocycles. The molecule has 1 heterocycles. The number of benzene rings is 1. The fourth-order valence-corrected chi connectivity index (χ4v) is 2.59. The smallest absolute Gasteiger partial charge is 0.327 e. The maximum atomic E-state index is 11.5. The van der Waals surface area contributed by atoms with Gasteiger partial charge in [0.25, 0.3) is 5.24 Å². The predicted octanol–water partition coefficient (Wildman–Crippen LogP) is 1.81. The Labute approximate surface area is 97.3 Å². The van der Waals surface area contributed by atoms with Gasteiger partial charge >= 0.3 is 5.97 Å². The van der Waals surface area contributed by atoms with Gasteiger partial charge < -0.3 is 10.0 Å². The molecule has 1 fully saturated rings. The van der Waals surface area contributed by atoms with Gasteiger partial charge in [-0.1, -0.05) is 42.1 Å². The van der Waals surface area contributed by atoms with Gasteiger partial charge in [0.05, 0.1) is 0 Å². The van der Waals surface area contributed by atoms with Gasteiger partial charge in [0.1, 0.15) is 6.04 Å². The number of amides is 1. The lowest BCUT2D eigenvalue weighted by Crippen LogP contribution is -2.38. The predicted molar refractivity (Wildman–Crippen MR) is 61.3 cm³/mol. The molecule has 0 bridgehead atoms. The van der Waals surface area contributed by atoms with Crippen molar-refractivity contribution in [1.82, 2.24) is 4.90 Å². The van der Waals surface area contributed by atoms with Gasteiger partial charge in [-0.15, -0.1) is 0 Å². The second-order valence-electron chi connectivity index (χ2n) is 3.54. The van der Waals surface area contributed by atoms with E-state index in [0.29, 0.717) is 12.3 Å². The van der Waals surface area contributed by atoms with Crippen LogP contribution in [0.2, 0.25) is 0 Å². The highest BCUT2D eigenvalue weighted by Crippen LogP contribution is 2.25. The van der Waals surface area contributed by atoms with Crippen LogP contribution in [0.3, 0.4) is 0 Å². The number of aliphatic carboxylic acids is 1. The molecule has 16 heavy (non-hydrogen) atoms. The molecule has 0 aromatic heterocycles. The van der Waals surface area contributed by atoms with Gasteiger partial charge in [-0.3, -0.25) is 4.79 Å². The van der Waals surface area contributed by atoms with Crippen LogP contribution in [-0.2, 0) is 11.3 Å². The van der Waals surface area contributed by atoms with Crippen LogP contribution in [0.4, 0.5) is 4.79 Å². The average Bonchev–Trinajstić information content (AvgIpc) is 2.62. The summed E-state index contributed by atoms with van der Waals surface area (Å²) in [5.41, 5.74) is 0.949. The van der Waals surface area contributed by atoms with Crippen LogP contribution in [0.1, 0.15) is 5.56 Å². The molecular weight excluding hydrogens is 226 g/mol.